The van der Waals surface area contributed by atoms with Crippen LogP contribution in [0.15, 0.2) is 17.1 Å². The van der Waals surface area contributed by atoms with E-state index in [1.165, 1.54) is 12.1 Å². The molecule has 0 N–H and O–H groups in total. The van der Waals surface area contributed by atoms with E-state index in [9.17, 15) is 9.18 Å². The van der Waals surface area contributed by atoms with E-state index in [1.807, 2.05) is 0 Å². The minimum absolute atomic E-state index is 0.0546. The zero-order valence-corrected chi connectivity index (χ0v) is 8.73. The van der Waals surface area contributed by atoms with Crippen LogP contribution in [-0.4, -0.2) is 6.08 Å². The maximum Gasteiger partial charge on any atom is 0.235 e. The minimum atomic E-state index is -0.584. The molecule has 0 fully saturated rings. The van der Waals surface area contributed by atoms with Crippen molar-refractivity contribution in [2.75, 3.05) is 0 Å². The van der Waals surface area contributed by atoms with Crippen molar-refractivity contribution in [3.05, 3.63) is 33.6 Å². The van der Waals surface area contributed by atoms with Crippen LogP contribution in [0.3, 0.4) is 0 Å². The van der Waals surface area contributed by atoms with E-state index in [-0.39, 0.29) is 10.0 Å². The van der Waals surface area contributed by atoms with E-state index in [4.69, 9.17) is 23.2 Å². The summed E-state index contributed by atoms with van der Waals surface area (Å²) in [4.78, 5) is 13.4. The van der Waals surface area contributed by atoms with Gasteiger partial charge in [-0.25, -0.2) is 9.18 Å². The lowest BCUT2D eigenvalue weighted by molar-refractivity contribution is 0.559. The monoisotopic (exact) mass is 233 g/mol. The third-order valence-electron chi connectivity index (χ3n) is 1.74. The maximum atomic E-state index is 13.0. The first-order valence-electron chi connectivity index (χ1n) is 3.77. The molecule has 1 atom stereocenters. The van der Waals surface area contributed by atoms with Crippen LogP contribution in [0.5, 0.6) is 0 Å². The van der Waals surface area contributed by atoms with Crippen LogP contribution in [0.25, 0.3) is 0 Å². The second-order valence-electron chi connectivity index (χ2n) is 2.68. The third-order valence-corrected chi connectivity index (χ3v) is 2.35. The molecule has 2 nitrogen and oxygen atoms in total. The fraction of sp³-hybridized carbons (Fsp3) is 0.222. The van der Waals surface area contributed by atoms with Gasteiger partial charge in [0.25, 0.3) is 0 Å². The largest absolute Gasteiger partial charge is 0.235 e. The summed E-state index contributed by atoms with van der Waals surface area (Å²) in [5, 5.41) is 0.226. The summed E-state index contributed by atoms with van der Waals surface area (Å²) in [5.41, 5.74) is 0.414. The molecule has 14 heavy (non-hydrogen) atoms. The van der Waals surface area contributed by atoms with Crippen LogP contribution in [-0.2, 0) is 4.79 Å². The quantitative estimate of drug-likeness (QED) is 0.437. The van der Waals surface area contributed by atoms with Crippen molar-refractivity contribution in [1.82, 2.24) is 0 Å². The Balaban J connectivity index is 3.21. The van der Waals surface area contributed by atoms with Crippen molar-refractivity contribution >= 4 is 29.3 Å². The van der Waals surface area contributed by atoms with Gasteiger partial charge in [0.2, 0.25) is 6.08 Å². The number of carbonyl (C=O) groups excluding carboxylic acids is 1. The van der Waals surface area contributed by atoms with Gasteiger partial charge in [-0.3, -0.25) is 0 Å². The van der Waals surface area contributed by atoms with Gasteiger partial charge in [-0.1, -0.05) is 23.2 Å². The number of isocyanates is 1. The Hall–Kier alpha value is -0.890. The van der Waals surface area contributed by atoms with Crippen LogP contribution in [0.1, 0.15) is 18.5 Å². The highest BCUT2D eigenvalue weighted by Gasteiger charge is 2.12. The van der Waals surface area contributed by atoms with E-state index >= 15 is 0 Å². The number of rotatable bonds is 2. The van der Waals surface area contributed by atoms with Crippen molar-refractivity contribution in [3.63, 3.8) is 0 Å². The Kier molecular flexibility index (Phi) is 3.64. The van der Waals surface area contributed by atoms with Crippen molar-refractivity contribution in [1.29, 1.82) is 0 Å². The topological polar surface area (TPSA) is 29.4 Å². The summed E-state index contributed by atoms with van der Waals surface area (Å²) >= 11 is 11.3. The Bertz CT molecular complexity index is 402. The molecule has 1 unspecified atom stereocenters. The van der Waals surface area contributed by atoms with Gasteiger partial charge in [0.15, 0.2) is 0 Å². The van der Waals surface area contributed by atoms with Gasteiger partial charge < -0.3 is 0 Å². The lowest BCUT2D eigenvalue weighted by atomic mass is 10.1. The molecule has 0 bridgehead atoms. The lowest BCUT2D eigenvalue weighted by Gasteiger charge is -2.07. The normalized spacial score (nSPS) is 12.0. The van der Waals surface area contributed by atoms with Crippen LogP contribution < -0.4 is 0 Å². The number of halogens is 3. The molecule has 0 heterocycles. The van der Waals surface area contributed by atoms with Gasteiger partial charge in [0.05, 0.1) is 11.1 Å². The molecule has 0 aliphatic carbocycles. The van der Waals surface area contributed by atoms with Crippen molar-refractivity contribution in [3.8, 4) is 0 Å². The summed E-state index contributed by atoms with van der Waals surface area (Å²) < 4.78 is 13.0. The molecular formula is C9H6Cl2FNO. The average molecular weight is 234 g/mol. The molecule has 0 saturated heterocycles. The second-order valence-corrected chi connectivity index (χ2v) is 3.50. The van der Waals surface area contributed by atoms with Gasteiger partial charge in [0.1, 0.15) is 5.82 Å². The molecule has 0 spiro atoms. The van der Waals surface area contributed by atoms with Gasteiger partial charge >= 0.3 is 0 Å². The second kappa shape index (κ2) is 4.56. The zero-order valence-electron chi connectivity index (χ0n) is 7.22. The van der Waals surface area contributed by atoms with Crippen molar-refractivity contribution < 1.29 is 9.18 Å². The van der Waals surface area contributed by atoms with E-state index < -0.39 is 11.9 Å². The molecule has 74 valence electrons. The summed E-state index contributed by atoms with van der Waals surface area (Å²) in [6, 6.07) is 1.92. The smallest absolute Gasteiger partial charge is 0.211 e. The molecule has 1 aromatic carbocycles. The Morgan fingerprint density at radius 2 is 2.07 bits per heavy atom. The van der Waals surface area contributed by atoms with Crippen LogP contribution >= 0.6 is 23.2 Å². The Labute approximate surface area is 90.4 Å². The number of nitrogens with zero attached hydrogens (tertiary/aromatic N) is 1. The summed E-state index contributed by atoms with van der Waals surface area (Å²) in [6.07, 6.45) is 1.39. The van der Waals surface area contributed by atoms with E-state index in [0.717, 1.165) is 6.07 Å². The SMILES string of the molecule is CC(N=C=O)c1cc(F)c(Cl)cc1Cl. The molecule has 1 aromatic rings. The number of aliphatic imine (C=N–C) groups is 1. The molecule has 1 rings (SSSR count). The fourth-order valence-electron chi connectivity index (χ4n) is 1.01. The fourth-order valence-corrected chi connectivity index (χ4v) is 1.55. The lowest BCUT2D eigenvalue weighted by Crippen LogP contribution is -1.92. The Morgan fingerprint density at radius 1 is 1.43 bits per heavy atom. The molecule has 0 amide bonds. The van der Waals surface area contributed by atoms with Gasteiger partial charge in [-0.05, 0) is 24.6 Å². The highest BCUT2D eigenvalue weighted by molar-refractivity contribution is 6.35. The summed E-state index contributed by atoms with van der Waals surface area (Å²) in [6.45, 7) is 1.61. The molecule has 0 aliphatic heterocycles. The van der Waals surface area contributed by atoms with Gasteiger partial charge in [-0.15, -0.1) is 0 Å². The molecule has 0 aliphatic rings. The first-order valence-corrected chi connectivity index (χ1v) is 4.53. The third kappa shape index (κ3) is 2.32. The highest BCUT2D eigenvalue weighted by Crippen LogP contribution is 2.29. The average Bonchev–Trinajstić information content (AvgIpc) is 2.11. The van der Waals surface area contributed by atoms with E-state index in [1.54, 1.807) is 6.92 Å². The van der Waals surface area contributed by atoms with Crippen molar-refractivity contribution in [2.45, 2.75) is 13.0 Å². The summed E-state index contributed by atoms with van der Waals surface area (Å²) in [5.74, 6) is -0.584. The maximum absolute atomic E-state index is 13.0. The number of hydrogen-bond donors (Lipinski definition) is 0. The molecule has 0 aromatic heterocycles. The summed E-state index contributed by atoms with van der Waals surface area (Å²) in [7, 11) is 0. The molecule has 0 radical (unpaired) electrons. The van der Waals surface area contributed by atoms with Crippen LogP contribution in [0.2, 0.25) is 10.0 Å². The minimum Gasteiger partial charge on any atom is -0.211 e. The number of hydrogen-bond acceptors (Lipinski definition) is 2. The first-order chi connectivity index (χ1) is 6.56. The Morgan fingerprint density at radius 3 is 2.64 bits per heavy atom. The van der Waals surface area contributed by atoms with E-state index in [2.05, 4.69) is 4.99 Å². The predicted octanol–water partition coefficient (Wildman–Crippen LogP) is 3.53. The highest BCUT2D eigenvalue weighted by atomic mass is 35.5. The van der Waals surface area contributed by atoms with E-state index in [0.29, 0.717) is 5.56 Å². The molecule has 5 heteroatoms. The standard InChI is InChI=1S/C9H6Cl2FNO/c1-5(13-4-14)6-2-9(12)8(11)3-7(6)10/h2-3,5H,1H3. The van der Waals surface area contributed by atoms with Crippen LogP contribution in [0.4, 0.5) is 4.39 Å². The zero-order chi connectivity index (χ0) is 10.7. The van der Waals surface area contributed by atoms with Crippen molar-refractivity contribution in [2.24, 2.45) is 4.99 Å². The predicted molar refractivity (Wildman–Crippen MR) is 53.0 cm³/mol. The van der Waals surface area contributed by atoms with Gasteiger partial charge in [0, 0.05) is 5.02 Å². The number of benzene rings is 1. The molecular weight excluding hydrogens is 228 g/mol. The van der Waals surface area contributed by atoms with Gasteiger partial charge in [-0.2, -0.15) is 4.99 Å². The van der Waals surface area contributed by atoms with Crippen LogP contribution in [0, 0.1) is 5.82 Å². The first kappa shape index (κ1) is 11.2. The molecule has 0 saturated carbocycles.